The molecule has 0 spiro atoms. The molecule has 0 heterocycles. The van der Waals surface area contributed by atoms with Crippen molar-refractivity contribution in [3.63, 3.8) is 0 Å². The fourth-order valence-corrected chi connectivity index (χ4v) is 2.98. The highest BCUT2D eigenvalue weighted by Crippen LogP contribution is 2.06. The summed E-state index contributed by atoms with van der Waals surface area (Å²) in [4.78, 5) is 36.0. The standard InChI is InChI=1S/C20H43N7O5/c21-10-4-1-7-15(24)13-32-20(30)27-17(9-3-6-12-23)18(28)26-16(8-2-5-11-22)14-31-19(25)29/h15-17H,1-14,21-24H2,(H2,25,29)(H,26,28)(H,27,30)/t15-,16-,17+/m1/s1. The summed E-state index contributed by atoms with van der Waals surface area (Å²) in [5, 5.41) is 5.41. The summed E-state index contributed by atoms with van der Waals surface area (Å²) in [6.45, 7) is 1.56. The van der Waals surface area contributed by atoms with Crippen LogP contribution < -0.4 is 39.3 Å². The highest BCUT2D eigenvalue weighted by Gasteiger charge is 2.24. The van der Waals surface area contributed by atoms with Gasteiger partial charge in [0.25, 0.3) is 0 Å². The van der Waals surface area contributed by atoms with Crippen LogP contribution in [-0.4, -0.2) is 69.1 Å². The molecule has 0 aliphatic rings. The number of hydrogen-bond donors (Lipinski definition) is 7. The van der Waals surface area contributed by atoms with Gasteiger partial charge in [-0.15, -0.1) is 0 Å². The van der Waals surface area contributed by atoms with Crippen molar-refractivity contribution in [1.82, 2.24) is 10.6 Å². The Morgan fingerprint density at radius 3 is 1.84 bits per heavy atom. The first-order valence-corrected chi connectivity index (χ1v) is 11.4. The van der Waals surface area contributed by atoms with E-state index in [-0.39, 0.29) is 19.3 Å². The Kier molecular flexibility index (Phi) is 18.2. The summed E-state index contributed by atoms with van der Waals surface area (Å²) in [5.74, 6) is -0.406. The van der Waals surface area contributed by atoms with Crippen LogP contribution in [0.1, 0.15) is 57.8 Å². The monoisotopic (exact) mass is 461 g/mol. The maximum Gasteiger partial charge on any atom is 0.407 e. The average Bonchev–Trinajstić information content (AvgIpc) is 2.75. The second kappa shape index (κ2) is 19.5. The van der Waals surface area contributed by atoms with Gasteiger partial charge in [-0.3, -0.25) is 4.79 Å². The molecule has 0 aromatic carbocycles. The third kappa shape index (κ3) is 16.5. The van der Waals surface area contributed by atoms with Crippen molar-refractivity contribution in [2.45, 2.75) is 75.9 Å². The molecule has 0 bridgehead atoms. The molecule has 12 N–H and O–H groups in total. The molecule has 0 aromatic rings. The van der Waals surface area contributed by atoms with Gasteiger partial charge in [0.1, 0.15) is 19.3 Å². The highest BCUT2D eigenvalue weighted by atomic mass is 16.6. The fraction of sp³-hybridized carbons (Fsp3) is 0.850. The van der Waals surface area contributed by atoms with E-state index in [0.29, 0.717) is 51.7 Å². The van der Waals surface area contributed by atoms with Crippen LogP contribution in [0.5, 0.6) is 0 Å². The molecule has 3 atom stereocenters. The zero-order valence-electron chi connectivity index (χ0n) is 19.1. The maximum absolute atomic E-state index is 12.8. The number of rotatable bonds is 19. The normalized spacial score (nSPS) is 13.6. The number of alkyl carbamates (subject to hydrolysis) is 1. The molecule has 0 aliphatic carbocycles. The first-order chi connectivity index (χ1) is 15.3. The molecular formula is C20H43N7O5. The lowest BCUT2D eigenvalue weighted by atomic mass is 10.1. The van der Waals surface area contributed by atoms with Gasteiger partial charge in [-0.2, -0.15) is 0 Å². The molecule has 12 heteroatoms. The van der Waals surface area contributed by atoms with Gasteiger partial charge in [0, 0.05) is 6.04 Å². The van der Waals surface area contributed by atoms with Gasteiger partial charge in [0.15, 0.2) is 0 Å². The second-order valence-corrected chi connectivity index (χ2v) is 7.74. The number of primary amides is 1. The molecule has 0 saturated carbocycles. The number of nitrogens with one attached hydrogen (secondary N) is 2. The van der Waals surface area contributed by atoms with Crippen LogP contribution >= 0.6 is 0 Å². The van der Waals surface area contributed by atoms with Crippen molar-refractivity contribution in [1.29, 1.82) is 0 Å². The topological polar surface area (TPSA) is 224 Å². The van der Waals surface area contributed by atoms with Crippen molar-refractivity contribution < 1.29 is 23.9 Å². The predicted molar refractivity (Wildman–Crippen MR) is 122 cm³/mol. The van der Waals surface area contributed by atoms with Gasteiger partial charge in [0.2, 0.25) is 5.91 Å². The van der Waals surface area contributed by atoms with Crippen LogP contribution in [0.2, 0.25) is 0 Å². The number of ether oxygens (including phenoxy) is 2. The lowest BCUT2D eigenvalue weighted by molar-refractivity contribution is -0.124. The molecule has 188 valence electrons. The Bertz CT molecular complexity index is 525. The van der Waals surface area contributed by atoms with Gasteiger partial charge in [-0.25, -0.2) is 9.59 Å². The fourth-order valence-electron chi connectivity index (χ4n) is 2.98. The van der Waals surface area contributed by atoms with E-state index < -0.39 is 30.2 Å². The molecule has 0 aromatic heterocycles. The largest absolute Gasteiger partial charge is 0.448 e. The summed E-state index contributed by atoms with van der Waals surface area (Å²) >= 11 is 0. The smallest absolute Gasteiger partial charge is 0.407 e. The molecule has 0 aliphatic heterocycles. The van der Waals surface area contributed by atoms with Crippen molar-refractivity contribution >= 4 is 18.1 Å². The summed E-state index contributed by atoms with van der Waals surface area (Å²) in [7, 11) is 0. The first-order valence-electron chi connectivity index (χ1n) is 11.4. The average molecular weight is 462 g/mol. The maximum atomic E-state index is 12.8. The minimum atomic E-state index is -0.924. The van der Waals surface area contributed by atoms with Gasteiger partial charge in [-0.05, 0) is 64.6 Å². The summed E-state index contributed by atoms with van der Waals surface area (Å²) in [5.41, 5.74) is 27.5. The summed E-state index contributed by atoms with van der Waals surface area (Å²) in [6, 6.07) is -1.57. The van der Waals surface area contributed by atoms with E-state index in [1.165, 1.54) is 0 Å². The molecule has 0 rings (SSSR count). The van der Waals surface area contributed by atoms with Crippen molar-refractivity contribution in [2.75, 3.05) is 32.8 Å². The molecule has 3 amide bonds. The van der Waals surface area contributed by atoms with E-state index in [2.05, 4.69) is 10.6 Å². The summed E-state index contributed by atoms with van der Waals surface area (Å²) < 4.78 is 10.0. The number of carbonyl (C=O) groups is 3. The zero-order valence-corrected chi connectivity index (χ0v) is 19.1. The van der Waals surface area contributed by atoms with Crippen LogP contribution in [0.25, 0.3) is 0 Å². The van der Waals surface area contributed by atoms with Gasteiger partial charge < -0.3 is 48.8 Å². The molecule has 0 unspecified atom stereocenters. The first kappa shape index (κ1) is 29.9. The van der Waals surface area contributed by atoms with E-state index in [1.54, 1.807) is 0 Å². The van der Waals surface area contributed by atoms with Crippen LogP contribution in [0.15, 0.2) is 0 Å². The number of carbonyl (C=O) groups excluding carboxylic acids is 3. The SMILES string of the molecule is NCCCC[C@@H](N)COC(=O)N[C@@H](CCCCN)C(=O)N[C@H](CCCCN)COC(N)=O. The van der Waals surface area contributed by atoms with E-state index in [9.17, 15) is 14.4 Å². The number of nitrogens with two attached hydrogens (primary N) is 5. The van der Waals surface area contributed by atoms with E-state index in [4.69, 9.17) is 38.1 Å². The predicted octanol–water partition coefficient (Wildman–Crippen LogP) is -0.624. The van der Waals surface area contributed by atoms with Gasteiger partial charge in [0.05, 0.1) is 6.04 Å². The van der Waals surface area contributed by atoms with Crippen LogP contribution in [0, 0.1) is 0 Å². The van der Waals surface area contributed by atoms with Crippen molar-refractivity contribution in [2.24, 2.45) is 28.7 Å². The zero-order chi connectivity index (χ0) is 24.2. The Morgan fingerprint density at radius 2 is 1.28 bits per heavy atom. The Balaban J connectivity index is 4.82. The van der Waals surface area contributed by atoms with E-state index in [0.717, 1.165) is 25.7 Å². The molecule has 0 saturated heterocycles. The Morgan fingerprint density at radius 1 is 0.719 bits per heavy atom. The molecule has 32 heavy (non-hydrogen) atoms. The molecule has 0 fully saturated rings. The highest BCUT2D eigenvalue weighted by molar-refractivity contribution is 5.85. The molecular weight excluding hydrogens is 418 g/mol. The minimum absolute atomic E-state index is 0.0434. The van der Waals surface area contributed by atoms with Crippen LogP contribution in [0.3, 0.4) is 0 Å². The molecule has 0 radical (unpaired) electrons. The van der Waals surface area contributed by atoms with E-state index in [1.807, 2.05) is 0 Å². The van der Waals surface area contributed by atoms with E-state index >= 15 is 0 Å². The number of amides is 3. The van der Waals surface area contributed by atoms with Gasteiger partial charge in [-0.1, -0.05) is 12.8 Å². The Hall–Kier alpha value is -2.15. The Labute approximate surface area is 190 Å². The third-order valence-corrected chi connectivity index (χ3v) is 4.79. The quantitative estimate of drug-likeness (QED) is 0.121. The number of unbranched alkanes of at least 4 members (excludes halogenated alkanes) is 3. The summed E-state index contributed by atoms with van der Waals surface area (Å²) in [6.07, 6.45) is 4.53. The third-order valence-electron chi connectivity index (χ3n) is 4.79. The molecule has 12 nitrogen and oxygen atoms in total. The van der Waals surface area contributed by atoms with Crippen LogP contribution in [-0.2, 0) is 14.3 Å². The minimum Gasteiger partial charge on any atom is -0.448 e. The lowest BCUT2D eigenvalue weighted by Crippen LogP contribution is -2.51. The lowest BCUT2D eigenvalue weighted by Gasteiger charge is -2.23. The number of hydrogen-bond acceptors (Lipinski definition) is 9. The van der Waals surface area contributed by atoms with Crippen LogP contribution in [0.4, 0.5) is 9.59 Å². The van der Waals surface area contributed by atoms with Gasteiger partial charge >= 0.3 is 12.2 Å². The van der Waals surface area contributed by atoms with Crippen molar-refractivity contribution in [3.05, 3.63) is 0 Å². The second-order valence-electron chi connectivity index (χ2n) is 7.74. The van der Waals surface area contributed by atoms with Crippen molar-refractivity contribution in [3.8, 4) is 0 Å².